The first-order valence-corrected chi connectivity index (χ1v) is 3.95. The van der Waals surface area contributed by atoms with Crippen molar-refractivity contribution in [2.24, 2.45) is 0 Å². The summed E-state index contributed by atoms with van der Waals surface area (Å²) < 4.78 is 1.44. The van der Waals surface area contributed by atoms with E-state index in [0.717, 1.165) is 12.8 Å². The fourth-order valence-corrected chi connectivity index (χ4v) is 1.20. The highest BCUT2D eigenvalue weighted by atomic mass is 16.4. The van der Waals surface area contributed by atoms with Gasteiger partial charge in [-0.1, -0.05) is 5.21 Å². The van der Waals surface area contributed by atoms with Gasteiger partial charge in [-0.3, -0.25) is 0 Å². The summed E-state index contributed by atoms with van der Waals surface area (Å²) in [7, 11) is 0. The van der Waals surface area contributed by atoms with Crippen LogP contribution in [0.1, 0.15) is 23.3 Å². The number of aromatic carboxylic acids is 1. The molecule has 0 spiro atoms. The molecule has 1 saturated carbocycles. The lowest BCUT2D eigenvalue weighted by atomic mass is 10.3. The van der Waals surface area contributed by atoms with E-state index in [-0.39, 0.29) is 17.8 Å². The van der Waals surface area contributed by atoms with Crippen LogP contribution in [0.15, 0.2) is 6.20 Å². The number of rotatable bonds is 3. The molecule has 0 aliphatic heterocycles. The number of hydrogen-bond donors (Lipinski definition) is 2. The maximum atomic E-state index is 10.5. The van der Waals surface area contributed by atoms with Gasteiger partial charge in [0, 0.05) is 0 Å². The van der Waals surface area contributed by atoms with Crippen molar-refractivity contribution in [3.8, 4) is 0 Å². The van der Waals surface area contributed by atoms with Crippen LogP contribution < -0.4 is 0 Å². The van der Waals surface area contributed by atoms with Crippen molar-refractivity contribution in [2.45, 2.75) is 18.4 Å². The predicted molar refractivity (Wildman–Crippen MR) is 41.3 cm³/mol. The molecule has 6 heteroatoms. The molecule has 1 aromatic heterocycles. The summed E-state index contributed by atoms with van der Waals surface area (Å²) >= 11 is 0. The first kappa shape index (κ1) is 8.18. The molecule has 0 atom stereocenters. The molecule has 1 aliphatic rings. The molecule has 1 heterocycles. The van der Waals surface area contributed by atoms with Gasteiger partial charge in [0.25, 0.3) is 0 Å². The van der Waals surface area contributed by atoms with Crippen LogP contribution in [0.25, 0.3) is 0 Å². The van der Waals surface area contributed by atoms with Crippen LogP contribution in [0.4, 0.5) is 0 Å². The molecule has 2 N–H and O–H groups in total. The molecule has 1 aliphatic carbocycles. The molecule has 0 amide bonds. The van der Waals surface area contributed by atoms with Crippen molar-refractivity contribution in [3.05, 3.63) is 11.9 Å². The molecule has 0 saturated heterocycles. The van der Waals surface area contributed by atoms with Gasteiger partial charge >= 0.3 is 5.97 Å². The second-order valence-electron chi connectivity index (χ2n) is 3.24. The number of carbonyl (C=O) groups is 1. The summed E-state index contributed by atoms with van der Waals surface area (Å²) in [6.07, 6.45) is 3.00. The smallest absolute Gasteiger partial charge is 0.358 e. The monoisotopic (exact) mass is 183 g/mol. The van der Waals surface area contributed by atoms with E-state index in [9.17, 15) is 4.79 Å². The van der Waals surface area contributed by atoms with Gasteiger partial charge < -0.3 is 10.2 Å². The average molecular weight is 183 g/mol. The number of hydrogen-bond acceptors (Lipinski definition) is 4. The van der Waals surface area contributed by atoms with E-state index in [0.29, 0.717) is 0 Å². The van der Waals surface area contributed by atoms with E-state index in [1.807, 2.05) is 0 Å². The number of nitrogens with zero attached hydrogens (tertiary/aromatic N) is 3. The van der Waals surface area contributed by atoms with Crippen LogP contribution in [0, 0.1) is 0 Å². The summed E-state index contributed by atoms with van der Waals surface area (Å²) in [5.41, 5.74) is -0.458. The Labute approximate surface area is 73.8 Å². The molecule has 70 valence electrons. The van der Waals surface area contributed by atoms with Gasteiger partial charge in [0.15, 0.2) is 5.69 Å². The molecule has 0 aromatic carbocycles. The van der Waals surface area contributed by atoms with Crippen LogP contribution >= 0.6 is 0 Å². The molecule has 0 unspecified atom stereocenters. The Morgan fingerprint density at radius 3 is 2.77 bits per heavy atom. The van der Waals surface area contributed by atoms with Crippen molar-refractivity contribution in [3.63, 3.8) is 0 Å². The lowest BCUT2D eigenvalue weighted by Crippen LogP contribution is -2.22. The molecule has 6 nitrogen and oxygen atoms in total. The zero-order valence-corrected chi connectivity index (χ0v) is 6.84. The highest BCUT2D eigenvalue weighted by molar-refractivity contribution is 5.84. The first-order chi connectivity index (χ1) is 6.18. The zero-order chi connectivity index (χ0) is 9.47. The molecule has 13 heavy (non-hydrogen) atoms. The lowest BCUT2D eigenvalue weighted by molar-refractivity contribution is 0.0690. The van der Waals surface area contributed by atoms with E-state index in [1.165, 1.54) is 10.9 Å². The van der Waals surface area contributed by atoms with Gasteiger partial charge in [-0.15, -0.1) is 5.10 Å². The van der Waals surface area contributed by atoms with E-state index >= 15 is 0 Å². The van der Waals surface area contributed by atoms with E-state index < -0.39 is 5.97 Å². The number of carboxylic acids is 1. The molecule has 2 rings (SSSR count). The Morgan fingerprint density at radius 2 is 2.38 bits per heavy atom. The molecule has 0 bridgehead atoms. The van der Waals surface area contributed by atoms with E-state index in [1.54, 1.807) is 0 Å². The zero-order valence-electron chi connectivity index (χ0n) is 6.84. The minimum absolute atomic E-state index is 0.0184. The highest BCUT2D eigenvalue weighted by Gasteiger charge is 2.45. The van der Waals surface area contributed by atoms with Crippen LogP contribution in [-0.2, 0) is 5.54 Å². The molecular formula is C7H9N3O3. The quantitative estimate of drug-likeness (QED) is 0.656. The van der Waals surface area contributed by atoms with E-state index in [4.69, 9.17) is 10.2 Å². The summed E-state index contributed by atoms with van der Waals surface area (Å²) in [4.78, 5) is 10.5. The number of aliphatic hydroxyl groups excluding tert-OH is 1. The SMILES string of the molecule is O=C(O)c1cn(C2(CO)CC2)nn1. The standard InChI is InChI=1S/C7H9N3O3/c11-4-7(1-2-7)10-3-5(6(12)13)8-9-10/h3,11H,1-2,4H2,(H,12,13). The maximum Gasteiger partial charge on any atom is 0.358 e. The van der Waals surface area contributed by atoms with E-state index in [2.05, 4.69) is 10.3 Å². The number of carboxylic acid groups (broad SMARTS) is 1. The Morgan fingerprint density at radius 1 is 1.69 bits per heavy atom. The second kappa shape index (κ2) is 2.53. The Bertz CT molecular complexity index is 343. The van der Waals surface area contributed by atoms with Gasteiger partial charge in [0.2, 0.25) is 0 Å². The van der Waals surface area contributed by atoms with Crippen molar-refractivity contribution in [1.29, 1.82) is 0 Å². The van der Waals surface area contributed by atoms with Crippen LogP contribution in [0.2, 0.25) is 0 Å². The van der Waals surface area contributed by atoms with Crippen LogP contribution in [0.5, 0.6) is 0 Å². The lowest BCUT2D eigenvalue weighted by Gasteiger charge is -2.09. The highest BCUT2D eigenvalue weighted by Crippen LogP contribution is 2.42. The van der Waals surface area contributed by atoms with Gasteiger partial charge in [-0.05, 0) is 12.8 Å². The largest absolute Gasteiger partial charge is 0.476 e. The maximum absolute atomic E-state index is 10.5. The third-order valence-corrected chi connectivity index (χ3v) is 2.32. The minimum atomic E-state index is -1.10. The molecule has 1 aromatic rings. The van der Waals surface area contributed by atoms with Crippen molar-refractivity contribution in [1.82, 2.24) is 15.0 Å². The number of aromatic nitrogens is 3. The van der Waals surface area contributed by atoms with Crippen molar-refractivity contribution < 1.29 is 15.0 Å². The Hall–Kier alpha value is -1.43. The third kappa shape index (κ3) is 1.19. The number of aliphatic hydroxyl groups is 1. The molecular weight excluding hydrogens is 174 g/mol. The summed E-state index contributed by atoms with van der Waals surface area (Å²) in [5.74, 6) is -1.10. The Balaban J connectivity index is 2.28. The summed E-state index contributed by atoms with van der Waals surface area (Å²) in [6, 6.07) is 0. The Kier molecular flexibility index (Phi) is 1.59. The average Bonchev–Trinajstić information content (AvgIpc) is 2.75. The third-order valence-electron chi connectivity index (χ3n) is 2.32. The summed E-state index contributed by atoms with van der Waals surface area (Å²) in [5, 5.41) is 24.7. The fraction of sp³-hybridized carbons (Fsp3) is 0.571. The minimum Gasteiger partial charge on any atom is -0.476 e. The van der Waals surface area contributed by atoms with Crippen LogP contribution in [-0.4, -0.2) is 37.8 Å². The fourth-order valence-electron chi connectivity index (χ4n) is 1.20. The first-order valence-electron chi connectivity index (χ1n) is 3.95. The summed E-state index contributed by atoms with van der Waals surface area (Å²) in [6.45, 7) is -0.0184. The van der Waals surface area contributed by atoms with Gasteiger partial charge in [-0.25, -0.2) is 9.48 Å². The van der Waals surface area contributed by atoms with Gasteiger partial charge in [-0.2, -0.15) is 0 Å². The predicted octanol–water partition coefficient (Wildman–Crippen LogP) is -0.542. The van der Waals surface area contributed by atoms with Crippen molar-refractivity contribution >= 4 is 5.97 Å². The van der Waals surface area contributed by atoms with Crippen LogP contribution in [0.3, 0.4) is 0 Å². The van der Waals surface area contributed by atoms with Gasteiger partial charge in [0.05, 0.1) is 18.3 Å². The molecule has 0 radical (unpaired) electrons. The van der Waals surface area contributed by atoms with Crippen molar-refractivity contribution in [2.75, 3.05) is 6.61 Å². The van der Waals surface area contributed by atoms with Gasteiger partial charge in [0.1, 0.15) is 0 Å². The normalized spacial score (nSPS) is 18.5. The molecule has 1 fully saturated rings. The second-order valence-corrected chi connectivity index (χ2v) is 3.24. The topological polar surface area (TPSA) is 88.2 Å².